The van der Waals surface area contributed by atoms with Crippen LogP contribution in [-0.4, -0.2) is 13.1 Å². The Bertz CT molecular complexity index is 292. The first-order valence-electron chi connectivity index (χ1n) is 6.85. The van der Waals surface area contributed by atoms with Crippen LogP contribution in [0.5, 0.6) is 0 Å². The van der Waals surface area contributed by atoms with Crippen molar-refractivity contribution in [1.82, 2.24) is 5.32 Å². The Labute approximate surface area is 107 Å². The molecular weight excluding hydrogens is 206 g/mol. The molecule has 96 valence electrons. The van der Waals surface area contributed by atoms with E-state index in [1.807, 2.05) is 0 Å². The standard InChI is InChI=1S/C16H27N/c1-13(2)10-14(3)11-17-12-15(4)16-8-6-5-7-9-16/h5-9,13-15,17H,10-12H2,1-4H3. The molecule has 0 saturated heterocycles. The third-order valence-electron chi connectivity index (χ3n) is 3.19. The number of benzene rings is 1. The molecule has 17 heavy (non-hydrogen) atoms. The zero-order chi connectivity index (χ0) is 12.7. The highest BCUT2D eigenvalue weighted by atomic mass is 14.9. The van der Waals surface area contributed by atoms with E-state index >= 15 is 0 Å². The smallest absolute Gasteiger partial charge is 0.00176 e. The fourth-order valence-corrected chi connectivity index (χ4v) is 2.33. The maximum absolute atomic E-state index is 3.59. The predicted octanol–water partition coefficient (Wildman–Crippen LogP) is 4.06. The van der Waals surface area contributed by atoms with Gasteiger partial charge in [-0.1, -0.05) is 58.0 Å². The van der Waals surface area contributed by atoms with Gasteiger partial charge >= 0.3 is 0 Å². The molecule has 1 N–H and O–H groups in total. The van der Waals surface area contributed by atoms with Crippen LogP contribution in [0, 0.1) is 11.8 Å². The highest BCUT2D eigenvalue weighted by Gasteiger charge is 2.07. The summed E-state index contributed by atoms with van der Waals surface area (Å²) in [5.74, 6) is 2.18. The maximum atomic E-state index is 3.59. The van der Waals surface area contributed by atoms with Crippen molar-refractivity contribution in [3.63, 3.8) is 0 Å². The van der Waals surface area contributed by atoms with Crippen LogP contribution in [0.2, 0.25) is 0 Å². The summed E-state index contributed by atoms with van der Waals surface area (Å²) in [5.41, 5.74) is 1.43. The minimum atomic E-state index is 0.599. The van der Waals surface area contributed by atoms with Crippen molar-refractivity contribution in [2.75, 3.05) is 13.1 Å². The van der Waals surface area contributed by atoms with Crippen molar-refractivity contribution >= 4 is 0 Å². The van der Waals surface area contributed by atoms with Crippen LogP contribution in [0.4, 0.5) is 0 Å². The van der Waals surface area contributed by atoms with E-state index in [0.29, 0.717) is 5.92 Å². The second-order valence-electron chi connectivity index (χ2n) is 5.70. The summed E-state index contributed by atoms with van der Waals surface area (Å²) in [4.78, 5) is 0. The van der Waals surface area contributed by atoms with Gasteiger partial charge in [-0.25, -0.2) is 0 Å². The van der Waals surface area contributed by atoms with E-state index in [-0.39, 0.29) is 0 Å². The van der Waals surface area contributed by atoms with Crippen LogP contribution < -0.4 is 5.32 Å². The van der Waals surface area contributed by atoms with E-state index < -0.39 is 0 Å². The number of hydrogen-bond acceptors (Lipinski definition) is 1. The molecule has 0 radical (unpaired) electrons. The van der Waals surface area contributed by atoms with Crippen LogP contribution in [-0.2, 0) is 0 Å². The molecule has 0 amide bonds. The molecule has 0 bridgehead atoms. The first kappa shape index (κ1) is 14.2. The molecule has 0 fully saturated rings. The van der Waals surface area contributed by atoms with E-state index in [0.717, 1.165) is 24.9 Å². The van der Waals surface area contributed by atoms with Crippen LogP contribution >= 0.6 is 0 Å². The Morgan fingerprint density at radius 3 is 2.18 bits per heavy atom. The molecule has 2 atom stereocenters. The summed E-state index contributed by atoms with van der Waals surface area (Å²) in [7, 11) is 0. The molecule has 0 spiro atoms. The molecule has 1 aromatic carbocycles. The van der Waals surface area contributed by atoms with Gasteiger partial charge in [0.25, 0.3) is 0 Å². The Kier molecular flexibility index (Phi) is 6.28. The summed E-state index contributed by atoms with van der Waals surface area (Å²) in [5, 5.41) is 3.59. The van der Waals surface area contributed by atoms with Crippen molar-refractivity contribution < 1.29 is 0 Å². The van der Waals surface area contributed by atoms with Crippen LogP contribution in [0.1, 0.15) is 45.6 Å². The zero-order valence-electron chi connectivity index (χ0n) is 11.7. The summed E-state index contributed by atoms with van der Waals surface area (Å²) in [6.07, 6.45) is 1.31. The Morgan fingerprint density at radius 2 is 1.59 bits per heavy atom. The monoisotopic (exact) mass is 233 g/mol. The van der Waals surface area contributed by atoms with E-state index in [9.17, 15) is 0 Å². The lowest BCUT2D eigenvalue weighted by Gasteiger charge is -2.17. The SMILES string of the molecule is CC(C)CC(C)CNCC(C)c1ccccc1. The Morgan fingerprint density at radius 1 is 0.941 bits per heavy atom. The lowest BCUT2D eigenvalue weighted by atomic mass is 9.98. The largest absolute Gasteiger partial charge is 0.316 e. The topological polar surface area (TPSA) is 12.0 Å². The molecule has 0 aliphatic heterocycles. The van der Waals surface area contributed by atoms with Gasteiger partial charge in [0.15, 0.2) is 0 Å². The van der Waals surface area contributed by atoms with Crippen molar-refractivity contribution in [1.29, 1.82) is 0 Å². The molecule has 0 aromatic heterocycles. The lowest BCUT2D eigenvalue weighted by molar-refractivity contribution is 0.410. The third-order valence-corrected chi connectivity index (χ3v) is 3.19. The molecule has 2 unspecified atom stereocenters. The molecule has 0 heterocycles. The number of rotatable bonds is 7. The Hall–Kier alpha value is -0.820. The summed E-state index contributed by atoms with van der Waals surface area (Å²) < 4.78 is 0. The molecule has 0 saturated carbocycles. The van der Waals surface area contributed by atoms with Crippen molar-refractivity contribution in [2.45, 2.75) is 40.0 Å². The van der Waals surface area contributed by atoms with Gasteiger partial charge in [-0.15, -0.1) is 0 Å². The highest BCUT2D eigenvalue weighted by molar-refractivity contribution is 5.18. The van der Waals surface area contributed by atoms with Crippen LogP contribution in [0.3, 0.4) is 0 Å². The quantitative estimate of drug-likeness (QED) is 0.749. The summed E-state index contributed by atoms with van der Waals surface area (Å²) in [6.45, 7) is 11.4. The molecule has 1 rings (SSSR count). The summed E-state index contributed by atoms with van der Waals surface area (Å²) >= 11 is 0. The van der Waals surface area contributed by atoms with Gasteiger partial charge < -0.3 is 5.32 Å². The van der Waals surface area contributed by atoms with Gasteiger partial charge in [-0.05, 0) is 36.3 Å². The Balaban J connectivity index is 2.23. The minimum absolute atomic E-state index is 0.599. The van der Waals surface area contributed by atoms with E-state index in [4.69, 9.17) is 0 Å². The third kappa shape index (κ3) is 5.88. The fourth-order valence-electron chi connectivity index (χ4n) is 2.33. The van der Waals surface area contributed by atoms with E-state index in [2.05, 4.69) is 63.3 Å². The predicted molar refractivity (Wildman–Crippen MR) is 76.3 cm³/mol. The molecule has 1 nitrogen and oxygen atoms in total. The van der Waals surface area contributed by atoms with Crippen molar-refractivity contribution in [3.8, 4) is 0 Å². The second-order valence-corrected chi connectivity index (χ2v) is 5.70. The normalized spacial score (nSPS) is 14.9. The van der Waals surface area contributed by atoms with Gasteiger partial charge in [-0.3, -0.25) is 0 Å². The van der Waals surface area contributed by atoms with Crippen LogP contribution in [0.25, 0.3) is 0 Å². The maximum Gasteiger partial charge on any atom is 0.00176 e. The summed E-state index contributed by atoms with van der Waals surface area (Å²) in [6, 6.07) is 10.7. The molecule has 1 heteroatoms. The lowest BCUT2D eigenvalue weighted by Crippen LogP contribution is -2.26. The van der Waals surface area contributed by atoms with Gasteiger partial charge in [0.05, 0.1) is 0 Å². The van der Waals surface area contributed by atoms with Gasteiger partial charge in [0, 0.05) is 6.54 Å². The molecule has 0 aliphatic carbocycles. The highest BCUT2D eigenvalue weighted by Crippen LogP contribution is 2.14. The molecular formula is C16H27N. The minimum Gasteiger partial charge on any atom is -0.316 e. The van der Waals surface area contributed by atoms with E-state index in [1.165, 1.54) is 12.0 Å². The van der Waals surface area contributed by atoms with Gasteiger partial charge in [0.2, 0.25) is 0 Å². The average molecular weight is 233 g/mol. The van der Waals surface area contributed by atoms with Gasteiger partial charge in [0.1, 0.15) is 0 Å². The van der Waals surface area contributed by atoms with Gasteiger partial charge in [-0.2, -0.15) is 0 Å². The number of nitrogens with one attached hydrogen (secondary N) is 1. The molecule has 1 aromatic rings. The fraction of sp³-hybridized carbons (Fsp3) is 0.625. The van der Waals surface area contributed by atoms with Crippen molar-refractivity contribution in [3.05, 3.63) is 35.9 Å². The number of hydrogen-bond donors (Lipinski definition) is 1. The zero-order valence-corrected chi connectivity index (χ0v) is 11.7. The first-order chi connectivity index (χ1) is 8.09. The van der Waals surface area contributed by atoms with Crippen LogP contribution in [0.15, 0.2) is 30.3 Å². The first-order valence-corrected chi connectivity index (χ1v) is 6.85. The average Bonchev–Trinajstić information content (AvgIpc) is 2.29. The second kappa shape index (κ2) is 7.50. The van der Waals surface area contributed by atoms with E-state index in [1.54, 1.807) is 0 Å². The molecule has 0 aliphatic rings. The van der Waals surface area contributed by atoms with Crippen molar-refractivity contribution in [2.24, 2.45) is 11.8 Å².